The number of nitrogens with zero attached hydrogens (tertiary/aromatic N) is 1. The maximum absolute atomic E-state index is 12.7. The van der Waals surface area contributed by atoms with Gasteiger partial charge in [0.15, 0.2) is 0 Å². The van der Waals surface area contributed by atoms with E-state index in [9.17, 15) is 9.59 Å². The first-order chi connectivity index (χ1) is 10.9. The molecule has 0 bridgehead atoms. The predicted molar refractivity (Wildman–Crippen MR) is 78.9 cm³/mol. The Morgan fingerprint density at radius 2 is 2.05 bits per heavy atom. The number of aryl methyl sites for hydroxylation is 1. The van der Waals surface area contributed by atoms with Gasteiger partial charge in [0, 0.05) is 16.1 Å². The average molecular weight is 290 g/mol. The molecule has 0 N–H and O–H groups in total. The lowest BCUT2D eigenvalue weighted by Gasteiger charge is -2.25. The van der Waals surface area contributed by atoms with E-state index in [1.165, 1.54) is 0 Å². The highest BCUT2D eigenvalue weighted by Gasteiger charge is 2.67. The van der Waals surface area contributed by atoms with Crippen molar-refractivity contribution in [1.29, 1.82) is 0 Å². The normalized spacial score (nSPS) is 35.5. The number of fused-ring (bicyclic) bond motifs is 1. The van der Waals surface area contributed by atoms with E-state index in [-0.39, 0.29) is 6.54 Å². The molecule has 0 radical (unpaired) electrons. The van der Waals surface area contributed by atoms with Crippen LogP contribution < -0.4 is 0 Å². The number of hydrogen-bond donors (Lipinski definition) is 0. The maximum Gasteiger partial charge on any atom is 0.417 e. The molecule has 112 valence electrons. The van der Waals surface area contributed by atoms with Gasteiger partial charge in [0.05, 0.1) is 5.89 Å². The lowest BCUT2D eigenvalue weighted by atomic mass is 9.94. The largest absolute Gasteiger partial charge is 0.443 e. The van der Waals surface area contributed by atoms with Crippen LogP contribution in [0.1, 0.15) is 42.4 Å². The summed E-state index contributed by atoms with van der Waals surface area (Å²) in [5.41, 5.74) is -0.551. The molecule has 1 aromatic carbocycles. The van der Waals surface area contributed by atoms with E-state index in [2.05, 4.69) is 0 Å². The van der Waals surface area contributed by atoms with Gasteiger partial charge in [0.25, 0.3) is 0 Å². The lowest BCUT2D eigenvalue weighted by molar-refractivity contribution is -0.129. The van der Waals surface area contributed by atoms with Gasteiger partial charge in [-0.05, 0) is 39.6 Å². The van der Waals surface area contributed by atoms with Crippen molar-refractivity contribution in [3.63, 3.8) is 0 Å². The van der Waals surface area contributed by atoms with Gasteiger partial charge in [-0.2, -0.15) is 0 Å². The zero-order valence-electron chi connectivity index (χ0n) is 15.7. The molecule has 0 spiro atoms. The van der Waals surface area contributed by atoms with E-state index in [0.717, 1.165) is 10.5 Å². The van der Waals surface area contributed by atoms with Crippen molar-refractivity contribution in [2.45, 2.75) is 45.1 Å². The van der Waals surface area contributed by atoms with E-state index in [1.54, 1.807) is 32.9 Å². The molecule has 1 aliphatic carbocycles. The first-order valence-corrected chi connectivity index (χ1v) is 7.00. The molecule has 3 rings (SSSR count). The Hall–Kier alpha value is -1.84. The van der Waals surface area contributed by atoms with E-state index in [1.807, 2.05) is 19.1 Å². The molecular weight excluding hydrogens is 266 g/mol. The van der Waals surface area contributed by atoms with Crippen LogP contribution in [0.25, 0.3) is 0 Å². The highest BCUT2D eigenvalue weighted by Crippen LogP contribution is 2.59. The van der Waals surface area contributed by atoms with Gasteiger partial charge in [0.1, 0.15) is 5.60 Å². The zero-order chi connectivity index (χ0) is 18.1. The molecule has 0 aromatic heterocycles. The first-order valence-electron chi connectivity index (χ1n) is 8.50. The standard InChI is InChI=1S/C17H21NO3/c1-11-5-7-12(8-6-11)17-9-13(17)14(19)18(10-17)15(20)21-16(2,3)4/h5-8,13H,9-10H2,1-4H3/t13-,17+/m0/s1/i9D2,13D. The van der Waals surface area contributed by atoms with Crippen molar-refractivity contribution in [3.8, 4) is 0 Å². The highest BCUT2D eigenvalue weighted by molar-refractivity contribution is 5.99. The van der Waals surface area contributed by atoms with Crippen LogP contribution in [-0.2, 0) is 14.9 Å². The third kappa shape index (κ3) is 2.33. The fourth-order valence-corrected chi connectivity index (χ4v) is 2.59. The summed E-state index contributed by atoms with van der Waals surface area (Å²) in [7, 11) is 0. The summed E-state index contributed by atoms with van der Waals surface area (Å²) in [5.74, 6) is -2.83. The van der Waals surface area contributed by atoms with Crippen LogP contribution in [0.4, 0.5) is 4.79 Å². The Morgan fingerprint density at radius 3 is 2.62 bits per heavy atom. The lowest BCUT2D eigenvalue weighted by Crippen LogP contribution is -2.40. The smallest absolute Gasteiger partial charge is 0.417 e. The van der Waals surface area contributed by atoms with Crippen molar-refractivity contribution >= 4 is 12.0 Å². The molecule has 1 aliphatic heterocycles. The minimum atomic E-state index is -2.02. The van der Waals surface area contributed by atoms with Crippen LogP contribution in [0.3, 0.4) is 0 Å². The highest BCUT2D eigenvalue weighted by atomic mass is 16.6. The second-order valence-corrected chi connectivity index (χ2v) is 6.64. The summed E-state index contributed by atoms with van der Waals surface area (Å²) in [6.07, 6.45) is -2.85. The minimum absolute atomic E-state index is 0.180. The molecule has 2 aliphatic rings. The van der Waals surface area contributed by atoms with E-state index in [4.69, 9.17) is 8.85 Å². The second kappa shape index (κ2) is 4.33. The Balaban J connectivity index is 2.00. The summed E-state index contributed by atoms with van der Waals surface area (Å²) < 4.78 is 30.2. The van der Waals surface area contributed by atoms with Crippen LogP contribution in [0.5, 0.6) is 0 Å². The van der Waals surface area contributed by atoms with Crippen molar-refractivity contribution < 1.29 is 18.4 Å². The van der Waals surface area contributed by atoms with E-state index in [0.29, 0.717) is 5.56 Å². The van der Waals surface area contributed by atoms with Crippen molar-refractivity contribution in [3.05, 3.63) is 35.4 Å². The third-order valence-electron chi connectivity index (χ3n) is 3.72. The number of hydrogen-bond acceptors (Lipinski definition) is 3. The number of ether oxygens (including phenoxy) is 1. The minimum Gasteiger partial charge on any atom is -0.443 e. The molecule has 21 heavy (non-hydrogen) atoms. The van der Waals surface area contributed by atoms with Crippen molar-refractivity contribution in [2.24, 2.45) is 5.89 Å². The Labute approximate surface area is 129 Å². The van der Waals surface area contributed by atoms with E-state index >= 15 is 0 Å². The van der Waals surface area contributed by atoms with Crippen LogP contribution in [0, 0.1) is 12.8 Å². The number of benzene rings is 1. The average Bonchev–Trinajstić information content (AvgIpc) is 2.69. The summed E-state index contributed by atoms with van der Waals surface area (Å²) in [4.78, 5) is 25.8. The Bertz CT molecular complexity index is 726. The first kappa shape index (κ1) is 10.8. The molecule has 2 fully saturated rings. The molecule has 2 atom stereocenters. The second-order valence-electron chi connectivity index (χ2n) is 6.64. The number of carbonyl (C=O) groups is 2. The summed E-state index contributed by atoms with van der Waals surface area (Å²) in [5, 5.41) is 0. The molecule has 0 unspecified atom stereocenters. The number of amides is 2. The molecule has 1 aromatic rings. The van der Waals surface area contributed by atoms with Gasteiger partial charge in [-0.25, -0.2) is 9.69 Å². The van der Waals surface area contributed by atoms with Gasteiger partial charge in [-0.3, -0.25) is 4.79 Å². The summed E-state index contributed by atoms with van der Waals surface area (Å²) in [6.45, 7) is 6.80. The number of imide groups is 1. The zero-order valence-corrected chi connectivity index (χ0v) is 12.7. The maximum atomic E-state index is 12.7. The van der Waals surface area contributed by atoms with Gasteiger partial charge >= 0.3 is 6.09 Å². The van der Waals surface area contributed by atoms with Crippen LogP contribution >= 0.6 is 0 Å². The number of rotatable bonds is 1. The van der Waals surface area contributed by atoms with Crippen molar-refractivity contribution in [2.75, 3.05) is 6.54 Å². The van der Waals surface area contributed by atoms with Crippen LogP contribution in [-0.4, -0.2) is 29.0 Å². The van der Waals surface area contributed by atoms with E-state index < -0.39 is 35.3 Å². The van der Waals surface area contributed by atoms with Crippen LogP contribution in [0.15, 0.2) is 24.3 Å². The summed E-state index contributed by atoms with van der Waals surface area (Å²) in [6, 6.07) is 7.10. The van der Waals surface area contributed by atoms with Gasteiger partial charge in [-0.15, -0.1) is 0 Å². The van der Waals surface area contributed by atoms with Gasteiger partial charge in [0.2, 0.25) is 5.91 Å². The van der Waals surface area contributed by atoms with Gasteiger partial charge in [-0.1, -0.05) is 29.8 Å². The number of carbonyl (C=O) groups excluding carboxylic acids is 2. The molecular formula is C17H21NO3. The molecule has 1 saturated heterocycles. The quantitative estimate of drug-likeness (QED) is 0.798. The molecule has 1 heterocycles. The van der Waals surface area contributed by atoms with Gasteiger partial charge < -0.3 is 4.74 Å². The Morgan fingerprint density at radius 1 is 1.43 bits per heavy atom. The van der Waals surface area contributed by atoms with Crippen LogP contribution in [0.2, 0.25) is 0 Å². The fourth-order valence-electron chi connectivity index (χ4n) is 2.59. The number of likely N-dealkylation sites (tertiary alicyclic amines) is 1. The molecule has 2 amide bonds. The molecule has 4 nitrogen and oxygen atoms in total. The topological polar surface area (TPSA) is 46.6 Å². The Kier molecular flexibility index (Phi) is 2.23. The monoisotopic (exact) mass is 290 g/mol. The third-order valence-corrected chi connectivity index (χ3v) is 3.72. The predicted octanol–water partition coefficient (Wildman–Crippen LogP) is 3.03. The number of piperidine rings is 1. The SMILES string of the molecule is [2H]C1([2H])[C@@]2([2H])C(=O)N(C(=O)OC(C)(C)C)C[C@@]12c1ccc(C)cc1. The summed E-state index contributed by atoms with van der Waals surface area (Å²) >= 11 is 0. The van der Waals surface area contributed by atoms with Crippen molar-refractivity contribution in [1.82, 2.24) is 4.90 Å². The molecule has 4 heteroatoms. The fraction of sp³-hybridized carbons (Fsp3) is 0.529. The molecule has 1 saturated carbocycles.